The lowest BCUT2D eigenvalue weighted by atomic mass is 10.2. The van der Waals surface area contributed by atoms with Crippen molar-refractivity contribution in [3.63, 3.8) is 0 Å². The van der Waals surface area contributed by atoms with Gasteiger partial charge in [-0.25, -0.2) is 8.78 Å². The first-order valence-electron chi connectivity index (χ1n) is 6.46. The molecule has 2 aromatic rings. The van der Waals surface area contributed by atoms with Gasteiger partial charge in [0, 0.05) is 13.6 Å². The molecule has 1 aromatic carbocycles. The summed E-state index contributed by atoms with van der Waals surface area (Å²) in [5.74, 6) is -2.24. The van der Waals surface area contributed by atoms with E-state index in [-0.39, 0.29) is 18.1 Å². The van der Waals surface area contributed by atoms with E-state index < -0.39 is 11.6 Å². The maximum Gasteiger partial charge on any atom is 0.276 e. The van der Waals surface area contributed by atoms with Gasteiger partial charge in [0.2, 0.25) is 0 Å². The number of halogens is 2. The molecule has 1 amide bonds. The van der Waals surface area contributed by atoms with Crippen molar-refractivity contribution in [2.24, 2.45) is 0 Å². The Morgan fingerprint density at radius 1 is 1.38 bits per heavy atom. The van der Waals surface area contributed by atoms with Gasteiger partial charge in [0.05, 0.1) is 11.4 Å². The van der Waals surface area contributed by atoms with Crippen LogP contribution in [0.1, 0.15) is 28.7 Å². The summed E-state index contributed by atoms with van der Waals surface area (Å²) in [6.45, 7) is 2.02. The van der Waals surface area contributed by atoms with Gasteiger partial charge in [-0.2, -0.15) is 5.10 Å². The standard InChI is InChI=1S/C14H16F2N4O/c1-3-11-12(17)13(19-18-11)14(21)20(2)7-8-4-5-9(15)10(16)6-8/h4-6H,3,7,17H2,1-2H3,(H,18,19). The molecule has 0 radical (unpaired) electrons. The Hall–Kier alpha value is -2.44. The van der Waals surface area contributed by atoms with Gasteiger partial charge in [0.1, 0.15) is 0 Å². The zero-order valence-electron chi connectivity index (χ0n) is 11.8. The highest BCUT2D eigenvalue weighted by Crippen LogP contribution is 2.17. The van der Waals surface area contributed by atoms with E-state index in [1.165, 1.54) is 11.0 Å². The number of rotatable bonds is 4. The Morgan fingerprint density at radius 2 is 2.10 bits per heavy atom. The lowest BCUT2D eigenvalue weighted by molar-refractivity contribution is 0.0780. The van der Waals surface area contributed by atoms with Crippen LogP contribution in [-0.2, 0) is 13.0 Å². The van der Waals surface area contributed by atoms with Gasteiger partial charge in [0.15, 0.2) is 17.3 Å². The number of nitrogens with zero attached hydrogens (tertiary/aromatic N) is 2. The minimum absolute atomic E-state index is 0.129. The van der Waals surface area contributed by atoms with Gasteiger partial charge in [-0.1, -0.05) is 13.0 Å². The number of carbonyl (C=O) groups excluding carboxylic acids is 1. The van der Waals surface area contributed by atoms with Crippen LogP contribution in [0.5, 0.6) is 0 Å². The molecule has 7 heteroatoms. The van der Waals surface area contributed by atoms with Crippen LogP contribution in [-0.4, -0.2) is 28.1 Å². The second-order valence-corrected chi connectivity index (χ2v) is 4.73. The Morgan fingerprint density at radius 3 is 2.67 bits per heavy atom. The van der Waals surface area contributed by atoms with Crippen LogP contribution in [0, 0.1) is 11.6 Å². The molecular weight excluding hydrogens is 278 g/mol. The second kappa shape index (κ2) is 5.90. The van der Waals surface area contributed by atoms with Crippen molar-refractivity contribution < 1.29 is 13.6 Å². The van der Waals surface area contributed by atoms with Gasteiger partial charge in [-0.05, 0) is 24.1 Å². The third-order valence-electron chi connectivity index (χ3n) is 3.19. The summed E-state index contributed by atoms with van der Waals surface area (Å²) in [7, 11) is 1.54. The fraction of sp³-hybridized carbons (Fsp3) is 0.286. The van der Waals surface area contributed by atoms with Crippen molar-refractivity contribution in [1.29, 1.82) is 0 Å². The highest BCUT2D eigenvalue weighted by Gasteiger charge is 2.20. The lowest BCUT2D eigenvalue weighted by Gasteiger charge is -2.16. The Balaban J connectivity index is 2.15. The molecule has 3 N–H and O–H groups in total. The smallest absolute Gasteiger partial charge is 0.276 e. The zero-order valence-corrected chi connectivity index (χ0v) is 11.8. The molecule has 0 aliphatic heterocycles. The second-order valence-electron chi connectivity index (χ2n) is 4.73. The largest absolute Gasteiger partial charge is 0.395 e. The minimum atomic E-state index is -0.944. The molecule has 0 spiro atoms. The number of nitrogens with one attached hydrogen (secondary N) is 1. The molecule has 2 rings (SSSR count). The first kappa shape index (κ1) is 15.0. The summed E-state index contributed by atoms with van der Waals surface area (Å²) in [5, 5.41) is 6.61. The summed E-state index contributed by atoms with van der Waals surface area (Å²) >= 11 is 0. The average Bonchev–Trinajstić information content (AvgIpc) is 2.83. The van der Waals surface area contributed by atoms with E-state index in [4.69, 9.17) is 5.73 Å². The molecule has 1 heterocycles. The molecule has 0 saturated carbocycles. The van der Waals surface area contributed by atoms with E-state index in [1.807, 2.05) is 6.92 Å². The predicted molar refractivity (Wildman–Crippen MR) is 74.5 cm³/mol. The molecule has 0 unspecified atom stereocenters. The van der Waals surface area contributed by atoms with Crippen LogP contribution in [0.2, 0.25) is 0 Å². The van der Waals surface area contributed by atoms with Crippen LogP contribution in [0.25, 0.3) is 0 Å². The summed E-state index contributed by atoms with van der Waals surface area (Å²) in [5.41, 5.74) is 7.47. The number of aromatic amines is 1. The number of H-pyrrole nitrogens is 1. The number of anilines is 1. The van der Waals surface area contributed by atoms with Crippen molar-refractivity contribution in [1.82, 2.24) is 15.1 Å². The Bertz CT molecular complexity index is 669. The van der Waals surface area contributed by atoms with E-state index in [0.717, 1.165) is 12.1 Å². The minimum Gasteiger partial charge on any atom is -0.395 e. The first-order chi connectivity index (χ1) is 9.93. The summed E-state index contributed by atoms with van der Waals surface area (Å²) in [6, 6.07) is 3.51. The van der Waals surface area contributed by atoms with E-state index in [9.17, 15) is 13.6 Å². The van der Waals surface area contributed by atoms with Gasteiger partial charge < -0.3 is 10.6 Å². The average molecular weight is 294 g/mol. The number of hydrogen-bond acceptors (Lipinski definition) is 3. The van der Waals surface area contributed by atoms with E-state index >= 15 is 0 Å². The number of nitrogen functional groups attached to an aromatic ring is 1. The number of amides is 1. The van der Waals surface area contributed by atoms with Gasteiger partial charge in [-0.15, -0.1) is 0 Å². The highest BCUT2D eigenvalue weighted by atomic mass is 19.2. The molecule has 21 heavy (non-hydrogen) atoms. The van der Waals surface area contributed by atoms with Crippen LogP contribution in [0.3, 0.4) is 0 Å². The summed E-state index contributed by atoms with van der Waals surface area (Å²) < 4.78 is 26.0. The molecule has 1 aromatic heterocycles. The van der Waals surface area contributed by atoms with E-state index in [0.29, 0.717) is 23.4 Å². The topological polar surface area (TPSA) is 75.0 Å². The van der Waals surface area contributed by atoms with Crippen molar-refractivity contribution in [3.8, 4) is 0 Å². The first-order valence-corrected chi connectivity index (χ1v) is 6.46. The third kappa shape index (κ3) is 3.01. The highest BCUT2D eigenvalue weighted by molar-refractivity contribution is 5.97. The third-order valence-corrected chi connectivity index (χ3v) is 3.19. The molecule has 5 nitrogen and oxygen atoms in total. The van der Waals surface area contributed by atoms with Crippen LogP contribution in [0.15, 0.2) is 18.2 Å². The molecule has 112 valence electrons. The number of nitrogens with two attached hydrogens (primary N) is 1. The monoisotopic (exact) mass is 294 g/mol. The molecule has 0 aliphatic rings. The van der Waals surface area contributed by atoms with Gasteiger partial charge in [0.25, 0.3) is 5.91 Å². The van der Waals surface area contributed by atoms with Crippen LogP contribution in [0.4, 0.5) is 14.5 Å². The maximum atomic E-state index is 13.2. The number of benzene rings is 1. The number of hydrogen-bond donors (Lipinski definition) is 2. The molecular formula is C14H16F2N4O. The number of aryl methyl sites for hydroxylation is 1. The number of carbonyl (C=O) groups is 1. The predicted octanol–water partition coefficient (Wildman–Crippen LogP) is 2.10. The molecule has 0 saturated heterocycles. The SMILES string of the molecule is CCc1[nH]nc(C(=O)N(C)Cc2ccc(F)c(F)c2)c1N. The van der Waals surface area contributed by atoms with E-state index in [1.54, 1.807) is 7.05 Å². The maximum absolute atomic E-state index is 13.2. The van der Waals surface area contributed by atoms with Gasteiger partial charge in [-0.3, -0.25) is 9.89 Å². The van der Waals surface area contributed by atoms with Crippen molar-refractivity contribution in [3.05, 3.63) is 46.8 Å². The quantitative estimate of drug-likeness (QED) is 0.906. The Labute approximate surface area is 120 Å². The zero-order chi connectivity index (χ0) is 15.6. The van der Waals surface area contributed by atoms with Crippen LogP contribution < -0.4 is 5.73 Å². The molecule has 0 fully saturated rings. The fourth-order valence-corrected chi connectivity index (χ4v) is 1.98. The fourth-order valence-electron chi connectivity index (χ4n) is 1.98. The summed E-state index contributed by atoms with van der Waals surface area (Å²) in [4.78, 5) is 13.6. The molecule has 0 atom stereocenters. The molecule has 0 bridgehead atoms. The van der Waals surface area contributed by atoms with Crippen molar-refractivity contribution in [2.45, 2.75) is 19.9 Å². The van der Waals surface area contributed by atoms with Crippen molar-refractivity contribution >= 4 is 11.6 Å². The number of aromatic nitrogens is 2. The molecule has 0 aliphatic carbocycles. The van der Waals surface area contributed by atoms with Gasteiger partial charge >= 0.3 is 0 Å². The lowest BCUT2D eigenvalue weighted by Crippen LogP contribution is -2.27. The van der Waals surface area contributed by atoms with E-state index in [2.05, 4.69) is 10.2 Å². The summed E-state index contributed by atoms with van der Waals surface area (Å²) in [6.07, 6.45) is 0.638. The normalized spacial score (nSPS) is 10.7. The van der Waals surface area contributed by atoms with Crippen molar-refractivity contribution in [2.75, 3.05) is 12.8 Å². The Kier molecular flexibility index (Phi) is 4.21. The van der Waals surface area contributed by atoms with Crippen LogP contribution >= 0.6 is 0 Å².